The third-order valence-electron chi connectivity index (χ3n) is 3.72. The second-order valence-electron chi connectivity index (χ2n) is 5.64. The lowest BCUT2D eigenvalue weighted by Gasteiger charge is -2.11. The summed E-state index contributed by atoms with van der Waals surface area (Å²) in [4.78, 5) is 36.8. The fourth-order valence-corrected chi connectivity index (χ4v) is 2.45. The Labute approximate surface area is 151 Å². The van der Waals surface area contributed by atoms with Gasteiger partial charge in [-0.15, -0.1) is 0 Å². The lowest BCUT2D eigenvalue weighted by molar-refractivity contribution is -0.116. The van der Waals surface area contributed by atoms with Gasteiger partial charge in [0.15, 0.2) is 5.69 Å². The predicted molar refractivity (Wildman–Crippen MR) is 92.9 cm³/mol. The maximum Gasteiger partial charge on any atom is 0.328 e. The number of para-hydroxylation sites is 1. The number of anilines is 1. The molecule has 0 fully saturated rings. The SMILES string of the molecule is Cc1ccccc1-n1nc(C#N)cc1NC(=O)Cn1cc(F)c(=O)[nH]c1=O. The van der Waals surface area contributed by atoms with E-state index in [1.807, 2.05) is 25.1 Å². The maximum atomic E-state index is 13.3. The van der Waals surface area contributed by atoms with Gasteiger partial charge in [-0.2, -0.15) is 14.8 Å². The molecule has 0 unspecified atom stereocenters. The molecule has 9 nitrogen and oxygen atoms in total. The Morgan fingerprint density at radius 3 is 2.81 bits per heavy atom. The van der Waals surface area contributed by atoms with E-state index in [4.69, 9.17) is 5.26 Å². The van der Waals surface area contributed by atoms with Crippen molar-refractivity contribution in [2.75, 3.05) is 5.32 Å². The molecule has 2 aromatic heterocycles. The molecule has 3 aromatic rings. The van der Waals surface area contributed by atoms with E-state index >= 15 is 0 Å². The van der Waals surface area contributed by atoms with Crippen molar-refractivity contribution in [1.82, 2.24) is 19.3 Å². The number of benzene rings is 1. The maximum absolute atomic E-state index is 13.3. The average Bonchev–Trinajstić information content (AvgIpc) is 3.02. The fourth-order valence-electron chi connectivity index (χ4n) is 2.45. The summed E-state index contributed by atoms with van der Waals surface area (Å²) in [6, 6.07) is 10.5. The number of H-pyrrole nitrogens is 1. The largest absolute Gasteiger partial charge is 0.328 e. The summed E-state index contributed by atoms with van der Waals surface area (Å²) in [5.41, 5.74) is -0.475. The second kappa shape index (κ2) is 7.09. The molecule has 2 heterocycles. The van der Waals surface area contributed by atoms with E-state index < -0.39 is 29.5 Å². The molecule has 0 radical (unpaired) electrons. The monoisotopic (exact) mass is 368 g/mol. The molecule has 0 aliphatic rings. The van der Waals surface area contributed by atoms with Gasteiger partial charge in [-0.3, -0.25) is 19.1 Å². The Balaban J connectivity index is 1.91. The second-order valence-corrected chi connectivity index (χ2v) is 5.64. The van der Waals surface area contributed by atoms with Crippen molar-refractivity contribution in [1.29, 1.82) is 5.26 Å². The summed E-state index contributed by atoms with van der Waals surface area (Å²) in [6.07, 6.45) is 0.653. The minimum Gasteiger partial charge on any atom is -0.309 e. The first kappa shape index (κ1) is 17.8. The summed E-state index contributed by atoms with van der Waals surface area (Å²) >= 11 is 0. The van der Waals surface area contributed by atoms with E-state index in [-0.39, 0.29) is 11.5 Å². The molecule has 3 rings (SSSR count). The lowest BCUT2D eigenvalue weighted by atomic mass is 10.2. The molecule has 27 heavy (non-hydrogen) atoms. The minimum atomic E-state index is -1.18. The molecule has 2 N–H and O–H groups in total. The summed E-state index contributed by atoms with van der Waals surface area (Å²) < 4.78 is 15.4. The third kappa shape index (κ3) is 3.67. The number of hydrogen-bond acceptors (Lipinski definition) is 5. The number of carbonyl (C=O) groups is 1. The Morgan fingerprint density at radius 2 is 2.11 bits per heavy atom. The van der Waals surface area contributed by atoms with Gasteiger partial charge in [-0.05, 0) is 18.6 Å². The zero-order chi connectivity index (χ0) is 19.6. The van der Waals surface area contributed by atoms with Crippen LogP contribution in [0.3, 0.4) is 0 Å². The number of aromatic amines is 1. The number of aromatic nitrogens is 4. The molecule has 0 spiro atoms. The predicted octanol–water partition coefficient (Wildman–Crippen LogP) is 0.680. The normalized spacial score (nSPS) is 10.4. The van der Waals surface area contributed by atoms with Crippen molar-refractivity contribution in [2.45, 2.75) is 13.5 Å². The average molecular weight is 368 g/mol. The number of carbonyl (C=O) groups excluding carboxylic acids is 1. The van der Waals surface area contributed by atoms with Crippen molar-refractivity contribution >= 4 is 11.7 Å². The Bertz CT molecular complexity index is 1180. The molecular formula is C17H13FN6O3. The van der Waals surface area contributed by atoms with E-state index in [2.05, 4.69) is 10.4 Å². The highest BCUT2D eigenvalue weighted by Crippen LogP contribution is 2.20. The van der Waals surface area contributed by atoms with Crippen molar-refractivity contribution < 1.29 is 9.18 Å². The van der Waals surface area contributed by atoms with Crippen molar-refractivity contribution in [2.24, 2.45) is 0 Å². The number of nitriles is 1. The number of amides is 1. The van der Waals surface area contributed by atoms with Crippen LogP contribution in [0.5, 0.6) is 0 Å². The minimum absolute atomic E-state index is 0.0841. The first-order chi connectivity index (χ1) is 12.9. The van der Waals surface area contributed by atoms with Gasteiger partial charge in [0, 0.05) is 6.07 Å². The molecule has 0 saturated carbocycles. The Hall–Kier alpha value is -4.00. The van der Waals surface area contributed by atoms with Crippen LogP contribution in [0.2, 0.25) is 0 Å². The molecule has 0 aliphatic carbocycles. The van der Waals surface area contributed by atoms with Gasteiger partial charge in [-0.25, -0.2) is 9.48 Å². The van der Waals surface area contributed by atoms with Crippen molar-refractivity contribution in [3.05, 3.63) is 74.4 Å². The molecule has 1 aromatic carbocycles. The summed E-state index contributed by atoms with van der Waals surface area (Å²) in [7, 11) is 0. The third-order valence-corrected chi connectivity index (χ3v) is 3.72. The van der Waals surface area contributed by atoms with Gasteiger partial charge in [0.1, 0.15) is 18.4 Å². The van der Waals surface area contributed by atoms with Gasteiger partial charge in [0.25, 0.3) is 5.56 Å². The Kier molecular flexibility index (Phi) is 4.68. The Morgan fingerprint density at radius 1 is 1.37 bits per heavy atom. The molecule has 136 valence electrons. The zero-order valence-electron chi connectivity index (χ0n) is 14.1. The van der Waals surface area contributed by atoms with Crippen LogP contribution in [0.1, 0.15) is 11.3 Å². The molecule has 10 heteroatoms. The van der Waals surface area contributed by atoms with E-state index in [9.17, 15) is 18.8 Å². The van der Waals surface area contributed by atoms with E-state index in [0.717, 1.165) is 10.1 Å². The van der Waals surface area contributed by atoms with Crippen molar-refractivity contribution in [3.8, 4) is 11.8 Å². The highest BCUT2D eigenvalue weighted by molar-refractivity contribution is 5.90. The number of rotatable bonds is 4. The van der Waals surface area contributed by atoms with Crippen LogP contribution in [-0.4, -0.2) is 25.2 Å². The smallest absolute Gasteiger partial charge is 0.309 e. The van der Waals surface area contributed by atoms with Crippen LogP contribution in [-0.2, 0) is 11.3 Å². The number of halogens is 1. The van der Waals surface area contributed by atoms with Gasteiger partial charge in [0.2, 0.25) is 11.7 Å². The summed E-state index contributed by atoms with van der Waals surface area (Å²) in [5.74, 6) is -1.63. The number of nitrogens with zero attached hydrogens (tertiary/aromatic N) is 4. The van der Waals surface area contributed by atoms with E-state index in [1.165, 1.54) is 10.7 Å². The van der Waals surface area contributed by atoms with Crippen LogP contribution in [0.4, 0.5) is 10.2 Å². The lowest BCUT2D eigenvalue weighted by Crippen LogP contribution is -2.34. The molecular weight excluding hydrogens is 355 g/mol. The molecule has 0 atom stereocenters. The van der Waals surface area contributed by atoms with E-state index in [1.54, 1.807) is 17.1 Å². The first-order valence-electron chi connectivity index (χ1n) is 7.74. The highest BCUT2D eigenvalue weighted by atomic mass is 19.1. The van der Waals surface area contributed by atoms with Gasteiger partial charge < -0.3 is 5.32 Å². The fraction of sp³-hybridized carbons (Fsp3) is 0.118. The highest BCUT2D eigenvalue weighted by Gasteiger charge is 2.15. The topological polar surface area (TPSA) is 126 Å². The molecule has 0 aliphatic heterocycles. The van der Waals surface area contributed by atoms with Crippen molar-refractivity contribution in [3.63, 3.8) is 0 Å². The van der Waals surface area contributed by atoms with Crippen LogP contribution in [0.15, 0.2) is 46.1 Å². The van der Waals surface area contributed by atoms with Gasteiger partial charge in [-0.1, -0.05) is 18.2 Å². The summed E-state index contributed by atoms with van der Waals surface area (Å²) in [6.45, 7) is 1.31. The standard InChI is InChI=1S/C17H13FN6O3/c1-10-4-2-3-5-13(10)24-14(6-11(7-19)22-24)20-15(25)9-23-8-12(18)16(26)21-17(23)27/h2-6,8H,9H2,1H3,(H,20,25)(H,21,26,27). The van der Waals surface area contributed by atoms with Crippen LogP contribution in [0, 0.1) is 24.1 Å². The molecule has 0 saturated heterocycles. The first-order valence-corrected chi connectivity index (χ1v) is 7.74. The van der Waals surface area contributed by atoms with Crippen LogP contribution in [0.25, 0.3) is 5.69 Å². The van der Waals surface area contributed by atoms with Gasteiger partial charge >= 0.3 is 5.69 Å². The quantitative estimate of drug-likeness (QED) is 0.700. The summed E-state index contributed by atoms with van der Waals surface area (Å²) in [5, 5.41) is 15.8. The van der Waals surface area contributed by atoms with E-state index in [0.29, 0.717) is 11.9 Å². The van der Waals surface area contributed by atoms with Crippen LogP contribution < -0.4 is 16.6 Å². The van der Waals surface area contributed by atoms with Crippen LogP contribution >= 0.6 is 0 Å². The number of hydrogen-bond donors (Lipinski definition) is 2. The number of nitrogens with one attached hydrogen (secondary N) is 2. The number of aryl methyl sites for hydroxylation is 1. The molecule has 0 bridgehead atoms. The zero-order valence-corrected chi connectivity index (χ0v) is 14.1. The van der Waals surface area contributed by atoms with Gasteiger partial charge in [0.05, 0.1) is 11.9 Å². The molecule has 1 amide bonds.